The zero-order valence-corrected chi connectivity index (χ0v) is 27.1. The molecular formula is C33H50N6O3. The van der Waals surface area contributed by atoms with Crippen molar-refractivity contribution in [2.75, 3.05) is 25.5 Å². The number of rotatable bonds is 11. The maximum atomic E-state index is 13.1. The molecule has 0 saturated heterocycles. The highest BCUT2D eigenvalue weighted by atomic mass is 16.5. The van der Waals surface area contributed by atoms with Crippen molar-refractivity contribution in [3.63, 3.8) is 0 Å². The number of pyridine rings is 1. The van der Waals surface area contributed by atoms with Gasteiger partial charge in [0.15, 0.2) is 0 Å². The summed E-state index contributed by atoms with van der Waals surface area (Å²) in [6.07, 6.45) is 6.57. The van der Waals surface area contributed by atoms with E-state index in [1.807, 2.05) is 63.7 Å². The number of likely N-dealkylation sites (N-methyl/N-ethyl adjacent to an activating group) is 2. The summed E-state index contributed by atoms with van der Waals surface area (Å²) in [4.78, 5) is 33.9. The van der Waals surface area contributed by atoms with Crippen molar-refractivity contribution in [3.05, 3.63) is 71.6 Å². The van der Waals surface area contributed by atoms with Gasteiger partial charge in [-0.3, -0.25) is 19.5 Å². The van der Waals surface area contributed by atoms with E-state index in [0.29, 0.717) is 18.2 Å². The van der Waals surface area contributed by atoms with E-state index in [9.17, 15) is 9.59 Å². The van der Waals surface area contributed by atoms with Crippen molar-refractivity contribution in [3.8, 4) is 5.69 Å². The molecule has 0 radical (unpaired) electrons. The number of carbonyl (C=O) groups excluding carboxylic acids is 2. The Bertz CT molecular complexity index is 1290. The summed E-state index contributed by atoms with van der Waals surface area (Å²) in [5, 5.41) is 6.48. The van der Waals surface area contributed by atoms with Crippen LogP contribution < -0.4 is 10.6 Å². The van der Waals surface area contributed by atoms with Gasteiger partial charge in [-0.1, -0.05) is 34.6 Å². The molecule has 0 aliphatic carbocycles. The summed E-state index contributed by atoms with van der Waals surface area (Å²) in [5.74, 6) is -0.213. The molecule has 2 N–H and O–H groups in total. The second kappa shape index (κ2) is 15.6. The highest BCUT2D eigenvalue weighted by molar-refractivity contribution is 6.03. The molecule has 1 amide bonds. The highest BCUT2D eigenvalue weighted by Gasteiger charge is 2.18. The average Bonchev–Trinajstić information content (AvgIpc) is 3.36. The third-order valence-electron chi connectivity index (χ3n) is 6.74. The number of nitrogens with zero attached hydrogens (tertiary/aromatic N) is 4. The standard InChI is InChI=1S/C28H40N6O.C5H10O2/c1-8-23(29-7)18-33(9-2)17-21-12-24(15-25(13-21)34-16-20(3)31-19-34)32-27(35)26-14-22(10-11-30-26)28(4,5)6;1-5(2,3)7-4-6/h10-16,19,23,29H,8-9,17-18H2,1-7H3,(H,32,35);4H,1-3H3. The van der Waals surface area contributed by atoms with Gasteiger partial charge in [-0.2, -0.15) is 0 Å². The van der Waals surface area contributed by atoms with Crippen LogP contribution in [0.2, 0.25) is 0 Å². The van der Waals surface area contributed by atoms with E-state index >= 15 is 0 Å². The molecule has 0 aliphatic heterocycles. The zero-order valence-electron chi connectivity index (χ0n) is 27.1. The quantitative estimate of drug-likeness (QED) is 0.273. The lowest BCUT2D eigenvalue weighted by Crippen LogP contribution is -2.38. The number of hydrogen-bond donors (Lipinski definition) is 2. The first-order valence-corrected chi connectivity index (χ1v) is 14.6. The molecule has 3 rings (SSSR count). The molecule has 0 bridgehead atoms. The molecule has 0 aliphatic rings. The Balaban J connectivity index is 0.000000782. The summed E-state index contributed by atoms with van der Waals surface area (Å²) in [5.41, 5.74) is 4.90. The minimum absolute atomic E-state index is 0.0579. The number of aromatic nitrogens is 3. The van der Waals surface area contributed by atoms with Gasteiger partial charge in [0, 0.05) is 42.9 Å². The highest BCUT2D eigenvalue weighted by Crippen LogP contribution is 2.24. The molecule has 1 atom stereocenters. The number of benzene rings is 1. The van der Waals surface area contributed by atoms with E-state index in [4.69, 9.17) is 0 Å². The van der Waals surface area contributed by atoms with Crippen LogP contribution in [-0.4, -0.2) is 63.6 Å². The smallest absolute Gasteiger partial charge is 0.293 e. The van der Waals surface area contributed by atoms with Gasteiger partial charge >= 0.3 is 0 Å². The third kappa shape index (κ3) is 11.4. The van der Waals surface area contributed by atoms with Gasteiger partial charge in [-0.05, 0) is 94.6 Å². The van der Waals surface area contributed by atoms with Crippen molar-refractivity contribution in [1.82, 2.24) is 24.8 Å². The van der Waals surface area contributed by atoms with E-state index in [-0.39, 0.29) is 16.9 Å². The van der Waals surface area contributed by atoms with Crippen molar-refractivity contribution >= 4 is 18.1 Å². The topological polar surface area (TPSA) is 101 Å². The molecule has 9 nitrogen and oxygen atoms in total. The van der Waals surface area contributed by atoms with Crippen LogP contribution in [-0.2, 0) is 21.5 Å². The van der Waals surface area contributed by atoms with Gasteiger partial charge in [0.25, 0.3) is 12.4 Å². The van der Waals surface area contributed by atoms with Crippen molar-refractivity contribution < 1.29 is 14.3 Å². The molecule has 2 heterocycles. The largest absolute Gasteiger partial charge is 0.462 e. The normalized spacial score (nSPS) is 12.4. The molecule has 0 spiro atoms. The Morgan fingerprint density at radius 3 is 2.31 bits per heavy atom. The second-order valence-electron chi connectivity index (χ2n) is 12.5. The van der Waals surface area contributed by atoms with Crippen molar-refractivity contribution in [2.24, 2.45) is 0 Å². The summed E-state index contributed by atoms with van der Waals surface area (Å²) < 4.78 is 6.54. The lowest BCUT2D eigenvalue weighted by Gasteiger charge is -2.26. The summed E-state index contributed by atoms with van der Waals surface area (Å²) >= 11 is 0. The van der Waals surface area contributed by atoms with E-state index in [1.165, 1.54) is 0 Å². The SMILES string of the molecule is CC(C)(C)OC=O.CCC(CN(CC)Cc1cc(NC(=O)c2cc(C(C)(C)C)ccn2)cc(-n2cnc(C)c2)c1)NC. The third-order valence-corrected chi connectivity index (χ3v) is 6.74. The first-order valence-electron chi connectivity index (χ1n) is 14.6. The maximum absolute atomic E-state index is 13.1. The predicted octanol–water partition coefficient (Wildman–Crippen LogP) is 5.90. The monoisotopic (exact) mass is 578 g/mol. The summed E-state index contributed by atoms with van der Waals surface area (Å²) in [7, 11) is 2.01. The Labute approximate surface area is 252 Å². The molecule has 0 saturated carbocycles. The molecule has 3 aromatic rings. The summed E-state index contributed by atoms with van der Waals surface area (Å²) in [6.45, 7) is 21.4. The molecule has 230 valence electrons. The van der Waals surface area contributed by atoms with E-state index in [0.717, 1.165) is 54.3 Å². The first kappa shape index (κ1) is 34.6. The molecule has 9 heteroatoms. The fraction of sp³-hybridized carbons (Fsp3) is 0.515. The van der Waals surface area contributed by atoms with Crippen LogP contribution in [0.3, 0.4) is 0 Å². The number of carbonyl (C=O) groups is 2. The van der Waals surface area contributed by atoms with Crippen LogP contribution >= 0.6 is 0 Å². The van der Waals surface area contributed by atoms with Gasteiger partial charge in [0.2, 0.25) is 0 Å². The Hall–Kier alpha value is -3.56. The van der Waals surface area contributed by atoms with E-state index in [2.05, 4.69) is 77.0 Å². The van der Waals surface area contributed by atoms with Crippen LogP contribution in [0.15, 0.2) is 49.1 Å². The van der Waals surface area contributed by atoms with Gasteiger partial charge in [0.1, 0.15) is 11.3 Å². The first-order chi connectivity index (χ1) is 19.7. The number of aryl methyl sites for hydroxylation is 1. The molecule has 1 unspecified atom stereocenters. The van der Waals surface area contributed by atoms with Crippen LogP contribution in [0.5, 0.6) is 0 Å². The minimum Gasteiger partial charge on any atom is -0.462 e. The second-order valence-corrected chi connectivity index (χ2v) is 12.5. The average molecular weight is 579 g/mol. The van der Waals surface area contributed by atoms with Gasteiger partial charge in [-0.15, -0.1) is 0 Å². The Kier molecular flexibility index (Phi) is 12.9. The predicted molar refractivity (Wildman–Crippen MR) is 170 cm³/mol. The molecule has 42 heavy (non-hydrogen) atoms. The molecule has 0 fully saturated rings. The molecular weight excluding hydrogens is 528 g/mol. The van der Waals surface area contributed by atoms with Crippen LogP contribution in [0.4, 0.5) is 5.69 Å². The van der Waals surface area contributed by atoms with Crippen LogP contribution in [0, 0.1) is 6.92 Å². The van der Waals surface area contributed by atoms with Crippen LogP contribution in [0.25, 0.3) is 5.69 Å². The number of anilines is 1. The number of amides is 1. The van der Waals surface area contributed by atoms with Gasteiger partial charge < -0.3 is 19.9 Å². The Morgan fingerprint density at radius 1 is 1.10 bits per heavy atom. The van der Waals surface area contributed by atoms with Gasteiger partial charge in [0.05, 0.1) is 12.0 Å². The lowest BCUT2D eigenvalue weighted by atomic mass is 9.87. The fourth-order valence-electron chi connectivity index (χ4n) is 4.21. The van der Waals surface area contributed by atoms with E-state index in [1.54, 1.807) is 12.5 Å². The maximum Gasteiger partial charge on any atom is 0.293 e. The number of ether oxygens (including phenoxy) is 1. The number of imidazole rings is 1. The van der Waals surface area contributed by atoms with E-state index < -0.39 is 0 Å². The van der Waals surface area contributed by atoms with Crippen LogP contribution in [0.1, 0.15) is 89.1 Å². The fourth-order valence-corrected chi connectivity index (χ4v) is 4.21. The lowest BCUT2D eigenvalue weighted by molar-refractivity contribution is -0.138. The van der Waals surface area contributed by atoms with Gasteiger partial charge in [-0.25, -0.2) is 4.98 Å². The summed E-state index contributed by atoms with van der Waals surface area (Å²) in [6, 6.07) is 10.5. The molecule has 2 aromatic heterocycles. The van der Waals surface area contributed by atoms with Crippen molar-refractivity contribution in [1.29, 1.82) is 0 Å². The van der Waals surface area contributed by atoms with Crippen molar-refractivity contribution in [2.45, 2.75) is 92.3 Å². The number of nitrogens with one attached hydrogen (secondary N) is 2. The minimum atomic E-state index is -0.318. The zero-order chi connectivity index (χ0) is 31.5. The molecule has 1 aromatic carbocycles. The Morgan fingerprint density at radius 2 is 1.81 bits per heavy atom. The number of hydrogen-bond acceptors (Lipinski definition) is 7.